The van der Waals surface area contributed by atoms with Crippen LogP contribution < -0.4 is 11.1 Å². The van der Waals surface area contributed by atoms with Gasteiger partial charge in [0.1, 0.15) is 5.82 Å². The van der Waals surface area contributed by atoms with Crippen LogP contribution in [0.3, 0.4) is 0 Å². The first kappa shape index (κ1) is 22.0. The molecule has 0 saturated heterocycles. The van der Waals surface area contributed by atoms with Crippen LogP contribution in [0, 0.1) is 10.1 Å². The van der Waals surface area contributed by atoms with Crippen molar-refractivity contribution in [2.45, 2.75) is 24.7 Å². The van der Waals surface area contributed by atoms with Crippen molar-refractivity contribution in [2.75, 3.05) is 6.61 Å². The van der Waals surface area contributed by atoms with E-state index in [2.05, 4.69) is 5.32 Å². The average molecular weight is 443 g/mol. The van der Waals surface area contributed by atoms with Crippen molar-refractivity contribution in [1.29, 1.82) is 0 Å². The first-order valence-corrected chi connectivity index (χ1v) is 10.9. The quantitative estimate of drug-likeness (QED) is 0.394. The zero-order chi connectivity index (χ0) is 22.8. The topological polar surface area (TPSA) is 142 Å². The molecule has 0 aliphatic carbocycles. The molecule has 31 heavy (non-hydrogen) atoms. The van der Waals surface area contributed by atoms with Crippen LogP contribution in [0.25, 0.3) is 0 Å². The van der Waals surface area contributed by atoms with Gasteiger partial charge in [-0.25, -0.2) is 13.2 Å². The van der Waals surface area contributed by atoms with Gasteiger partial charge in [-0.1, -0.05) is 30.3 Å². The third kappa shape index (κ3) is 4.15. The number of carbonyl (C=O) groups excluding carboxylic acids is 1. The third-order valence-corrected chi connectivity index (χ3v) is 6.80. The molecular formula is C21H21N3O6S. The largest absolute Gasteiger partial charge is 0.463 e. The number of esters is 1. The molecule has 1 unspecified atom stereocenters. The second-order valence-electron chi connectivity index (χ2n) is 6.76. The van der Waals surface area contributed by atoms with Crippen LogP contribution in [-0.2, 0) is 19.4 Å². The second-order valence-corrected chi connectivity index (χ2v) is 8.68. The number of hydrogen-bond donors (Lipinski definition) is 2. The minimum Gasteiger partial charge on any atom is -0.463 e. The molecule has 10 heteroatoms. The van der Waals surface area contributed by atoms with Crippen molar-refractivity contribution >= 4 is 21.5 Å². The molecule has 2 aromatic rings. The fourth-order valence-electron chi connectivity index (χ4n) is 3.49. The van der Waals surface area contributed by atoms with E-state index in [-0.39, 0.29) is 44.7 Å². The Morgan fingerprint density at radius 1 is 1.19 bits per heavy atom. The predicted octanol–water partition coefficient (Wildman–Crippen LogP) is 2.72. The van der Waals surface area contributed by atoms with Crippen molar-refractivity contribution in [3.8, 4) is 0 Å². The summed E-state index contributed by atoms with van der Waals surface area (Å²) in [5, 5.41) is 14.1. The maximum absolute atomic E-state index is 13.6. The molecule has 3 rings (SSSR count). The molecule has 9 nitrogen and oxygen atoms in total. The number of rotatable bonds is 6. The summed E-state index contributed by atoms with van der Waals surface area (Å²) in [6.07, 6.45) is 0. The zero-order valence-corrected chi connectivity index (χ0v) is 17.7. The SMILES string of the molecule is CCOC(=O)C1=C(N)NC(C)=C(S(=O)(=O)c2ccccc2)C1c1cccc([N+](=O)[O-])c1. The number of nitrogens with two attached hydrogens (primary N) is 1. The van der Waals surface area contributed by atoms with Crippen LogP contribution in [0.5, 0.6) is 0 Å². The smallest absolute Gasteiger partial charge is 0.338 e. The van der Waals surface area contributed by atoms with E-state index >= 15 is 0 Å². The molecule has 0 radical (unpaired) electrons. The van der Waals surface area contributed by atoms with Gasteiger partial charge in [0.2, 0.25) is 9.84 Å². The number of ether oxygens (including phenoxy) is 1. The van der Waals surface area contributed by atoms with Crippen molar-refractivity contribution in [3.63, 3.8) is 0 Å². The first-order chi connectivity index (χ1) is 14.7. The summed E-state index contributed by atoms with van der Waals surface area (Å²) in [7, 11) is -4.10. The Bertz CT molecular complexity index is 1200. The van der Waals surface area contributed by atoms with Crippen LogP contribution in [-0.4, -0.2) is 25.9 Å². The minimum absolute atomic E-state index is 0.0188. The van der Waals surface area contributed by atoms with Crippen LogP contribution in [0.2, 0.25) is 0 Å². The lowest BCUT2D eigenvalue weighted by Gasteiger charge is -2.30. The van der Waals surface area contributed by atoms with E-state index in [1.165, 1.54) is 43.3 Å². The van der Waals surface area contributed by atoms with E-state index in [0.717, 1.165) is 0 Å². The molecule has 1 aliphatic rings. The van der Waals surface area contributed by atoms with E-state index in [9.17, 15) is 23.3 Å². The van der Waals surface area contributed by atoms with E-state index < -0.39 is 26.6 Å². The summed E-state index contributed by atoms with van der Waals surface area (Å²) < 4.78 is 32.3. The number of sulfone groups is 1. The number of nitrogens with one attached hydrogen (secondary N) is 1. The molecule has 1 aliphatic heterocycles. The first-order valence-electron chi connectivity index (χ1n) is 9.37. The molecule has 3 N–H and O–H groups in total. The van der Waals surface area contributed by atoms with Crippen LogP contribution in [0.15, 0.2) is 81.5 Å². The number of allylic oxidation sites excluding steroid dienone is 2. The normalized spacial score (nSPS) is 16.6. The molecule has 0 saturated carbocycles. The third-order valence-electron chi connectivity index (χ3n) is 4.79. The summed E-state index contributed by atoms with van der Waals surface area (Å²) in [5.74, 6) is -2.07. The van der Waals surface area contributed by atoms with Gasteiger partial charge in [0.05, 0.1) is 32.8 Å². The number of nitro benzene ring substituents is 1. The molecule has 0 aromatic heterocycles. The number of hydrogen-bond acceptors (Lipinski definition) is 8. The summed E-state index contributed by atoms with van der Waals surface area (Å²) in [6.45, 7) is 3.17. The molecule has 0 fully saturated rings. The lowest BCUT2D eigenvalue weighted by molar-refractivity contribution is -0.384. The average Bonchev–Trinajstić information content (AvgIpc) is 2.73. The molecular weight excluding hydrogens is 422 g/mol. The second kappa shape index (κ2) is 8.60. The molecule has 0 bridgehead atoms. The number of benzene rings is 2. The van der Waals surface area contributed by atoms with Crippen molar-refractivity contribution in [3.05, 3.63) is 92.3 Å². The van der Waals surface area contributed by atoms with Crippen LogP contribution in [0.1, 0.15) is 25.3 Å². The highest BCUT2D eigenvalue weighted by Gasteiger charge is 2.41. The zero-order valence-electron chi connectivity index (χ0n) is 16.9. The van der Waals surface area contributed by atoms with E-state index in [4.69, 9.17) is 10.5 Å². The van der Waals surface area contributed by atoms with Crippen molar-refractivity contribution < 1.29 is 22.9 Å². The molecule has 0 amide bonds. The Labute approximate surface area is 179 Å². The van der Waals surface area contributed by atoms with Gasteiger partial charge in [-0.2, -0.15) is 0 Å². The van der Waals surface area contributed by atoms with Gasteiger partial charge >= 0.3 is 5.97 Å². The van der Waals surface area contributed by atoms with Gasteiger partial charge in [-0.05, 0) is 31.5 Å². The van der Waals surface area contributed by atoms with E-state index in [0.29, 0.717) is 0 Å². The highest BCUT2D eigenvalue weighted by molar-refractivity contribution is 7.95. The Balaban J connectivity index is 2.30. The molecule has 1 heterocycles. The van der Waals surface area contributed by atoms with Gasteiger partial charge in [0, 0.05) is 17.8 Å². The minimum atomic E-state index is -4.10. The van der Waals surface area contributed by atoms with E-state index in [1.54, 1.807) is 25.1 Å². The number of nitro groups is 1. The summed E-state index contributed by atoms with van der Waals surface area (Å²) in [5.41, 5.74) is 6.15. The summed E-state index contributed by atoms with van der Waals surface area (Å²) in [4.78, 5) is 23.4. The maximum atomic E-state index is 13.6. The molecule has 162 valence electrons. The van der Waals surface area contributed by atoms with Crippen LogP contribution >= 0.6 is 0 Å². The van der Waals surface area contributed by atoms with Crippen molar-refractivity contribution in [1.82, 2.24) is 5.32 Å². The number of non-ortho nitro benzene ring substituents is 1. The molecule has 2 aromatic carbocycles. The van der Waals surface area contributed by atoms with Gasteiger partial charge < -0.3 is 15.8 Å². The maximum Gasteiger partial charge on any atom is 0.338 e. The monoisotopic (exact) mass is 443 g/mol. The standard InChI is InChI=1S/C21H21N3O6S/c1-3-30-21(25)18-17(14-8-7-9-15(12-14)24(26)27)19(13(2)23-20(18)22)31(28,29)16-10-5-4-6-11-16/h4-12,17,23H,3,22H2,1-2H3. The van der Waals surface area contributed by atoms with Gasteiger partial charge in [0.15, 0.2) is 0 Å². The Hall–Kier alpha value is -3.66. The van der Waals surface area contributed by atoms with Gasteiger partial charge in [0.25, 0.3) is 5.69 Å². The lowest BCUT2D eigenvalue weighted by Crippen LogP contribution is -2.35. The highest BCUT2D eigenvalue weighted by Crippen LogP contribution is 2.43. The highest BCUT2D eigenvalue weighted by atomic mass is 32.2. The van der Waals surface area contributed by atoms with Crippen molar-refractivity contribution in [2.24, 2.45) is 5.73 Å². The number of dihydropyridines is 1. The van der Waals surface area contributed by atoms with E-state index in [1.807, 2.05) is 0 Å². The fraction of sp³-hybridized carbons (Fsp3) is 0.190. The Kier molecular flexibility index (Phi) is 6.11. The van der Waals surface area contributed by atoms with Gasteiger partial charge in [-0.15, -0.1) is 0 Å². The summed E-state index contributed by atoms with van der Waals surface area (Å²) >= 11 is 0. The number of carbonyl (C=O) groups is 1. The number of nitrogens with zero attached hydrogens (tertiary/aromatic N) is 1. The molecule has 1 atom stereocenters. The summed E-state index contributed by atoms with van der Waals surface area (Å²) in [6, 6.07) is 13.2. The molecule has 0 spiro atoms. The van der Waals surface area contributed by atoms with Gasteiger partial charge in [-0.3, -0.25) is 10.1 Å². The fourth-order valence-corrected chi connectivity index (χ4v) is 5.28. The Morgan fingerprint density at radius 3 is 2.48 bits per heavy atom. The predicted molar refractivity (Wildman–Crippen MR) is 113 cm³/mol. The lowest BCUT2D eigenvalue weighted by atomic mass is 9.87. The van der Waals surface area contributed by atoms with Crippen LogP contribution in [0.4, 0.5) is 5.69 Å². The Morgan fingerprint density at radius 2 is 1.87 bits per heavy atom.